The lowest BCUT2D eigenvalue weighted by molar-refractivity contribution is -0.143. The van der Waals surface area contributed by atoms with Gasteiger partial charge in [-0.3, -0.25) is 4.79 Å². The van der Waals surface area contributed by atoms with E-state index in [0.717, 1.165) is 16.0 Å². The second-order valence-corrected chi connectivity index (χ2v) is 7.79. The summed E-state index contributed by atoms with van der Waals surface area (Å²) in [6.45, 7) is 1.58. The molecule has 0 bridgehead atoms. The molecule has 0 spiro atoms. The van der Waals surface area contributed by atoms with E-state index < -0.39 is 22.5 Å². The summed E-state index contributed by atoms with van der Waals surface area (Å²) in [4.78, 5) is 13.0. The highest BCUT2D eigenvalue weighted by Crippen LogP contribution is 2.15. The number of sulfonamides is 1. The molecule has 0 heterocycles. The first kappa shape index (κ1) is 18.5. The van der Waals surface area contributed by atoms with Crippen molar-refractivity contribution >= 4 is 27.8 Å². The summed E-state index contributed by atoms with van der Waals surface area (Å²) in [5, 5.41) is 0. The number of hydrogen-bond acceptors (Lipinski definition) is 5. The lowest BCUT2D eigenvalue weighted by atomic mass is 10.2. The summed E-state index contributed by atoms with van der Waals surface area (Å²) in [5.74, 6) is -0.625. The molecule has 2 aromatic rings. The van der Waals surface area contributed by atoms with Crippen molar-refractivity contribution in [3.63, 3.8) is 0 Å². The monoisotopic (exact) mass is 365 g/mol. The first-order chi connectivity index (χ1) is 11.4. The van der Waals surface area contributed by atoms with Crippen LogP contribution < -0.4 is 4.72 Å². The number of rotatable bonds is 7. The van der Waals surface area contributed by atoms with Crippen molar-refractivity contribution in [3.8, 4) is 0 Å². The van der Waals surface area contributed by atoms with Gasteiger partial charge in [-0.2, -0.15) is 4.72 Å². The molecular weight excluding hydrogens is 346 g/mol. The Hall–Kier alpha value is -1.83. The van der Waals surface area contributed by atoms with Crippen LogP contribution in [0.15, 0.2) is 58.3 Å². The average Bonchev–Trinajstić information content (AvgIpc) is 2.59. The molecule has 0 aromatic heterocycles. The molecule has 0 saturated heterocycles. The van der Waals surface area contributed by atoms with Crippen LogP contribution in [0.5, 0.6) is 0 Å². The van der Waals surface area contributed by atoms with Crippen LogP contribution in [0.1, 0.15) is 11.1 Å². The van der Waals surface area contributed by atoms with Gasteiger partial charge < -0.3 is 4.74 Å². The molecule has 5 nitrogen and oxygen atoms in total. The van der Waals surface area contributed by atoms with E-state index in [-0.39, 0.29) is 11.5 Å². The van der Waals surface area contributed by atoms with Gasteiger partial charge in [-0.1, -0.05) is 29.8 Å². The van der Waals surface area contributed by atoms with E-state index >= 15 is 0 Å². The van der Waals surface area contributed by atoms with Crippen molar-refractivity contribution in [2.24, 2.45) is 0 Å². The molecular formula is C17H19NO4S2. The number of nitrogens with one attached hydrogen (secondary N) is 1. The molecule has 128 valence electrons. The van der Waals surface area contributed by atoms with E-state index in [0.29, 0.717) is 0 Å². The Morgan fingerprint density at radius 1 is 1.08 bits per heavy atom. The Morgan fingerprint density at radius 2 is 1.71 bits per heavy atom. The van der Waals surface area contributed by atoms with Gasteiger partial charge in [0.25, 0.3) is 0 Å². The third-order valence-electron chi connectivity index (χ3n) is 3.30. The van der Waals surface area contributed by atoms with E-state index in [1.807, 2.05) is 37.4 Å². The molecule has 1 N–H and O–H groups in total. The van der Waals surface area contributed by atoms with E-state index in [4.69, 9.17) is 4.74 Å². The maximum atomic E-state index is 12.1. The zero-order chi connectivity index (χ0) is 17.6. The van der Waals surface area contributed by atoms with Gasteiger partial charge in [-0.25, -0.2) is 8.42 Å². The predicted molar refractivity (Wildman–Crippen MR) is 94.4 cm³/mol. The Labute approximate surface area is 146 Å². The SMILES string of the molecule is CSc1ccc(COC(=O)CNS(=O)(=O)c2ccc(C)cc2)cc1. The molecule has 24 heavy (non-hydrogen) atoms. The fourth-order valence-corrected chi connectivity index (χ4v) is 3.27. The number of carbonyl (C=O) groups excluding carboxylic acids is 1. The van der Waals surface area contributed by atoms with E-state index in [1.165, 1.54) is 12.1 Å². The second kappa shape index (κ2) is 8.32. The van der Waals surface area contributed by atoms with Gasteiger partial charge in [0.1, 0.15) is 13.2 Å². The topological polar surface area (TPSA) is 72.5 Å². The number of carbonyl (C=O) groups is 1. The fraction of sp³-hybridized carbons (Fsp3) is 0.235. The minimum atomic E-state index is -3.72. The zero-order valence-corrected chi connectivity index (χ0v) is 15.1. The van der Waals surface area contributed by atoms with Crippen LogP contribution in [0.4, 0.5) is 0 Å². The van der Waals surface area contributed by atoms with Crippen molar-refractivity contribution in [2.75, 3.05) is 12.8 Å². The van der Waals surface area contributed by atoms with Crippen LogP contribution in [0.25, 0.3) is 0 Å². The smallest absolute Gasteiger partial charge is 0.321 e. The number of aryl methyl sites for hydroxylation is 1. The summed E-state index contributed by atoms with van der Waals surface area (Å²) in [6.07, 6.45) is 1.98. The standard InChI is InChI=1S/C17H19NO4S2/c1-13-3-9-16(10-4-13)24(20,21)18-11-17(19)22-12-14-5-7-15(23-2)8-6-14/h3-10,18H,11-12H2,1-2H3. The van der Waals surface area contributed by atoms with Gasteiger partial charge in [0, 0.05) is 4.90 Å². The highest BCUT2D eigenvalue weighted by atomic mass is 32.2. The van der Waals surface area contributed by atoms with Crippen molar-refractivity contribution in [1.29, 1.82) is 0 Å². The van der Waals surface area contributed by atoms with E-state index in [2.05, 4.69) is 4.72 Å². The van der Waals surface area contributed by atoms with Gasteiger partial charge in [-0.15, -0.1) is 11.8 Å². The molecule has 0 aliphatic carbocycles. The summed E-state index contributed by atoms with van der Waals surface area (Å²) in [6, 6.07) is 14.0. The minimum absolute atomic E-state index is 0.111. The Balaban J connectivity index is 1.84. The highest BCUT2D eigenvalue weighted by Gasteiger charge is 2.15. The van der Waals surface area contributed by atoms with Gasteiger partial charge >= 0.3 is 5.97 Å². The Morgan fingerprint density at radius 3 is 2.29 bits per heavy atom. The van der Waals surface area contributed by atoms with Crippen molar-refractivity contribution in [2.45, 2.75) is 23.3 Å². The van der Waals surface area contributed by atoms with Crippen LogP contribution in [0, 0.1) is 6.92 Å². The number of thioether (sulfide) groups is 1. The number of ether oxygens (including phenoxy) is 1. The fourth-order valence-electron chi connectivity index (χ4n) is 1.89. The van der Waals surface area contributed by atoms with Crippen LogP contribution in [-0.4, -0.2) is 27.2 Å². The van der Waals surface area contributed by atoms with Gasteiger partial charge in [0.05, 0.1) is 4.90 Å². The molecule has 2 aromatic carbocycles. The molecule has 0 unspecified atom stereocenters. The maximum absolute atomic E-state index is 12.1. The van der Waals surface area contributed by atoms with Crippen molar-refractivity contribution in [3.05, 3.63) is 59.7 Å². The first-order valence-electron chi connectivity index (χ1n) is 7.25. The van der Waals surface area contributed by atoms with Crippen LogP contribution in [0.2, 0.25) is 0 Å². The van der Waals surface area contributed by atoms with Crippen molar-refractivity contribution < 1.29 is 17.9 Å². The quantitative estimate of drug-likeness (QED) is 0.603. The zero-order valence-electron chi connectivity index (χ0n) is 13.5. The maximum Gasteiger partial charge on any atom is 0.321 e. The van der Waals surface area contributed by atoms with Crippen LogP contribution in [0.3, 0.4) is 0 Å². The van der Waals surface area contributed by atoms with Crippen LogP contribution >= 0.6 is 11.8 Å². The predicted octanol–water partition coefficient (Wildman–Crippen LogP) is 2.74. The van der Waals surface area contributed by atoms with Crippen molar-refractivity contribution in [1.82, 2.24) is 4.72 Å². The summed E-state index contributed by atoms with van der Waals surface area (Å²) < 4.78 is 31.5. The lowest BCUT2D eigenvalue weighted by Crippen LogP contribution is -2.30. The number of esters is 1. The third kappa shape index (κ3) is 5.36. The Kier molecular flexibility index (Phi) is 6.42. The third-order valence-corrected chi connectivity index (χ3v) is 5.46. The van der Waals surface area contributed by atoms with Gasteiger partial charge in [-0.05, 0) is 43.0 Å². The largest absolute Gasteiger partial charge is 0.460 e. The second-order valence-electron chi connectivity index (χ2n) is 5.15. The molecule has 0 aliphatic rings. The molecule has 0 fully saturated rings. The van der Waals surface area contributed by atoms with Crippen LogP contribution in [-0.2, 0) is 26.2 Å². The molecule has 0 aliphatic heterocycles. The summed E-state index contributed by atoms with van der Waals surface area (Å²) in [5.41, 5.74) is 1.81. The summed E-state index contributed by atoms with van der Waals surface area (Å²) in [7, 11) is -3.72. The minimum Gasteiger partial charge on any atom is -0.460 e. The molecule has 0 atom stereocenters. The molecule has 0 saturated carbocycles. The molecule has 2 rings (SSSR count). The molecule has 7 heteroatoms. The normalized spacial score (nSPS) is 11.2. The van der Waals surface area contributed by atoms with Gasteiger partial charge in [0.2, 0.25) is 10.0 Å². The number of hydrogen-bond donors (Lipinski definition) is 1. The molecule has 0 amide bonds. The lowest BCUT2D eigenvalue weighted by Gasteiger charge is -2.08. The highest BCUT2D eigenvalue weighted by molar-refractivity contribution is 7.98. The van der Waals surface area contributed by atoms with E-state index in [1.54, 1.807) is 23.9 Å². The first-order valence-corrected chi connectivity index (χ1v) is 9.96. The average molecular weight is 365 g/mol. The number of benzene rings is 2. The Bertz CT molecular complexity index is 784. The van der Waals surface area contributed by atoms with E-state index in [9.17, 15) is 13.2 Å². The molecule has 0 radical (unpaired) electrons. The van der Waals surface area contributed by atoms with Gasteiger partial charge in [0.15, 0.2) is 0 Å². The summed E-state index contributed by atoms with van der Waals surface area (Å²) >= 11 is 1.63.